The van der Waals surface area contributed by atoms with Gasteiger partial charge in [-0.1, -0.05) is 6.92 Å². The van der Waals surface area contributed by atoms with E-state index in [2.05, 4.69) is 10.1 Å². The molecule has 0 spiro atoms. The van der Waals surface area contributed by atoms with Gasteiger partial charge in [0.05, 0.1) is 12.7 Å². The molecule has 4 nitrogen and oxygen atoms in total. The number of amides is 1. The Morgan fingerprint density at radius 3 is 2.47 bits per heavy atom. The fraction of sp³-hybridized carbons (Fsp3) is 0.385. The predicted molar refractivity (Wildman–Crippen MR) is 64.5 cm³/mol. The molecule has 1 unspecified atom stereocenters. The SMILES string of the molecule is CCC(C)(NC(=O)c1ccc(F)cc1F)C(=O)OC. The molecule has 1 atom stereocenters. The predicted octanol–water partition coefficient (Wildman–Crippen LogP) is 2.04. The van der Waals surface area contributed by atoms with Crippen molar-refractivity contribution in [2.75, 3.05) is 7.11 Å². The molecule has 0 aliphatic carbocycles. The first-order valence-electron chi connectivity index (χ1n) is 5.70. The lowest BCUT2D eigenvalue weighted by atomic mass is 9.98. The molecular weight excluding hydrogens is 256 g/mol. The number of esters is 1. The van der Waals surface area contributed by atoms with Crippen molar-refractivity contribution in [3.05, 3.63) is 35.4 Å². The van der Waals surface area contributed by atoms with Crippen LogP contribution in [0.5, 0.6) is 0 Å². The molecule has 1 N–H and O–H groups in total. The number of carbonyl (C=O) groups is 2. The first-order valence-corrected chi connectivity index (χ1v) is 5.70. The largest absolute Gasteiger partial charge is 0.467 e. The number of rotatable bonds is 4. The Morgan fingerprint density at radius 1 is 1.37 bits per heavy atom. The molecule has 6 heteroatoms. The van der Waals surface area contributed by atoms with Gasteiger partial charge < -0.3 is 10.1 Å². The molecule has 1 rings (SSSR count). The third-order valence-corrected chi connectivity index (χ3v) is 2.91. The molecule has 0 aliphatic rings. The average molecular weight is 271 g/mol. The lowest BCUT2D eigenvalue weighted by Gasteiger charge is -2.26. The molecule has 0 aliphatic heterocycles. The van der Waals surface area contributed by atoms with E-state index in [0.717, 1.165) is 12.1 Å². The van der Waals surface area contributed by atoms with E-state index in [1.54, 1.807) is 6.92 Å². The second-order valence-corrected chi connectivity index (χ2v) is 4.26. The van der Waals surface area contributed by atoms with Crippen molar-refractivity contribution in [2.45, 2.75) is 25.8 Å². The van der Waals surface area contributed by atoms with Gasteiger partial charge in [-0.25, -0.2) is 13.6 Å². The van der Waals surface area contributed by atoms with Crippen molar-refractivity contribution in [3.8, 4) is 0 Å². The highest BCUT2D eigenvalue weighted by Crippen LogP contribution is 2.15. The normalized spacial score (nSPS) is 13.5. The number of methoxy groups -OCH3 is 1. The second-order valence-electron chi connectivity index (χ2n) is 4.26. The number of nitrogens with one attached hydrogen (secondary N) is 1. The molecular formula is C13H15F2NO3. The topological polar surface area (TPSA) is 55.4 Å². The fourth-order valence-electron chi connectivity index (χ4n) is 1.50. The van der Waals surface area contributed by atoms with Crippen LogP contribution in [0.1, 0.15) is 30.6 Å². The summed E-state index contributed by atoms with van der Waals surface area (Å²) in [5.41, 5.74) is -1.59. The summed E-state index contributed by atoms with van der Waals surface area (Å²) in [5, 5.41) is 2.39. The Kier molecular flexibility index (Phi) is 4.58. The first-order chi connectivity index (χ1) is 8.84. The monoisotopic (exact) mass is 271 g/mol. The second kappa shape index (κ2) is 5.77. The molecule has 0 aromatic heterocycles. The number of benzene rings is 1. The summed E-state index contributed by atoms with van der Waals surface area (Å²) >= 11 is 0. The van der Waals surface area contributed by atoms with Crippen LogP contribution in [0.4, 0.5) is 8.78 Å². The molecule has 0 radical (unpaired) electrons. The Bertz CT molecular complexity index is 505. The standard InChI is InChI=1S/C13H15F2NO3/c1-4-13(2,12(18)19-3)16-11(17)9-6-5-8(14)7-10(9)15/h5-7H,4H2,1-3H3,(H,16,17). The maximum absolute atomic E-state index is 13.4. The minimum atomic E-state index is -1.26. The molecule has 104 valence electrons. The summed E-state index contributed by atoms with van der Waals surface area (Å²) in [4.78, 5) is 23.5. The van der Waals surface area contributed by atoms with Crippen LogP contribution < -0.4 is 5.32 Å². The van der Waals surface area contributed by atoms with E-state index in [1.807, 2.05) is 0 Å². The van der Waals surface area contributed by atoms with Gasteiger partial charge in [0.25, 0.3) is 5.91 Å². The number of halogens is 2. The van der Waals surface area contributed by atoms with Crippen LogP contribution in [0.25, 0.3) is 0 Å². The molecule has 1 amide bonds. The maximum atomic E-state index is 13.4. The lowest BCUT2D eigenvalue weighted by molar-refractivity contribution is -0.147. The van der Waals surface area contributed by atoms with Gasteiger partial charge in [-0.05, 0) is 25.5 Å². The third kappa shape index (κ3) is 3.27. The van der Waals surface area contributed by atoms with Crippen LogP contribution in [0.15, 0.2) is 18.2 Å². The average Bonchev–Trinajstić information content (AvgIpc) is 2.37. The van der Waals surface area contributed by atoms with Crippen LogP contribution in [-0.2, 0) is 9.53 Å². The Labute approximate surface area is 109 Å². The number of ether oxygens (including phenoxy) is 1. The molecule has 0 saturated carbocycles. The van der Waals surface area contributed by atoms with Crippen molar-refractivity contribution in [3.63, 3.8) is 0 Å². The minimum Gasteiger partial charge on any atom is -0.467 e. The zero-order valence-corrected chi connectivity index (χ0v) is 10.9. The lowest BCUT2D eigenvalue weighted by Crippen LogP contribution is -2.52. The van der Waals surface area contributed by atoms with Gasteiger partial charge in [0.15, 0.2) is 0 Å². The van der Waals surface area contributed by atoms with Gasteiger partial charge in [-0.3, -0.25) is 4.79 Å². The Hall–Kier alpha value is -1.98. The van der Waals surface area contributed by atoms with E-state index >= 15 is 0 Å². The van der Waals surface area contributed by atoms with Gasteiger partial charge in [-0.15, -0.1) is 0 Å². The van der Waals surface area contributed by atoms with Gasteiger partial charge >= 0.3 is 5.97 Å². The molecule has 19 heavy (non-hydrogen) atoms. The summed E-state index contributed by atoms with van der Waals surface area (Å²) in [6.45, 7) is 3.15. The Balaban J connectivity index is 2.98. The summed E-state index contributed by atoms with van der Waals surface area (Å²) in [7, 11) is 1.20. The first kappa shape index (κ1) is 15.1. The van der Waals surface area contributed by atoms with Crippen molar-refractivity contribution in [1.82, 2.24) is 5.32 Å². The van der Waals surface area contributed by atoms with E-state index in [1.165, 1.54) is 14.0 Å². The van der Waals surface area contributed by atoms with E-state index < -0.39 is 29.0 Å². The van der Waals surface area contributed by atoms with E-state index in [0.29, 0.717) is 6.07 Å². The van der Waals surface area contributed by atoms with Crippen molar-refractivity contribution < 1.29 is 23.1 Å². The van der Waals surface area contributed by atoms with Gasteiger partial charge in [0.2, 0.25) is 0 Å². The highest BCUT2D eigenvalue weighted by molar-refractivity contribution is 5.98. The van der Waals surface area contributed by atoms with Crippen LogP contribution >= 0.6 is 0 Å². The van der Waals surface area contributed by atoms with Crippen LogP contribution in [0.3, 0.4) is 0 Å². The molecule has 0 saturated heterocycles. The Morgan fingerprint density at radius 2 is 2.00 bits per heavy atom. The zero-order chi connectivity index (χ0) is 14.6. The smallest absolute Gasteiger partial charge is 0.331 e. The van der Waals surface area contributed by atoms with E-state index in [9.17, 15) is 18.4 Å². The highest BCUT2D eigenvalue weighted by atomic mass is 19.1. The van der Waals surface area contributed by atoms with Crippen molar-refractivity contribution in [1.29, 1.82) is 0 Å². The summed E-state index contributed by atoms with van der Waals surface area (Å²) in [6.07, 6.45) is 0.272. The summed E-state index contributed by atoms with van der Waals surface area (Å²) in [5.74, 6) is -3.20. The quantitative estimate of drug-likeness (QED) is 0.852. The maximum Gasteiger partial charge on any atom is 0.331 e. The number of hydrogen-bond acceptors (Lipinski definition) is 3. The van der Waals surface area contributed by atoms with E-state index in [-0.39, 0.29) is 12.0 Å². The summed E-state index contributed by atoms with van der Waals surface area (Å²) < 4.78 is 30.8. The van der Waals surface area contributed by atoms with Gasteiger partial charge in [0, 0.05) is 6.07 Å². The molecule has 0 heterocycles. The fourth-order valence-corrected chi connectivity index (χ4v) is 1.50. The van der Waals surface area contributed by atoms with Gasteiger partial charge in [-0.2, -0.15) is 0 Å². The van der Waals surface area contributed by atoms with Crippen molar-refractivity contribution >= 4 is 11.9 Å². The number of carbonyl (C=O) groups excluding carboxylic acids is 2. The number of hydrogen-bond donors (Lipinski definition) is 1. The third-order valence-electron chi connectivity index (χ3n) is 2.91. The molecule has 1 aromatic rings. The molecule has 0 bridgehead atoms. The highest BCUT2D eigenvalue weighted by Gasteiger charge is 2.34. The van der Waals surface area contributed by atoms with Crippen LogP contribution in [0, 0.1) is 11.6 Å². The molecule has 0 fully saturated rings. The molecule has 1 aromatic carbocycles. The summed E-state index contributed by atoms with van der Waals surface area (Å²) in [6, 6.07) is 2.60. The van der Waals surface area contributed by atoms with E-state index in [4.69, 9.17) is 0 Å². The van der Waals surface area contributed by atoms with Crippen molar-refractivity contribution in [2.24, 2.45) is 0 Å². The van der Waals surface area contributed by atoms with Crippen LogP contribution in [-0.4, -0.2) is 24.5 Å². The zero-order valence-electron chi connectivity index (χ0n) is 10.9. The van der Waals surface area contributed by atoms with Gasteiger partial charge in [0.1, 0.15) is 17.2 Å². The minimum absolute atomic E-state index is 0.272. The van der Waals surface area contributed by atoms with Crippen LogP contribution in [0.2, 0.25) is 0 Å².